The summed E-state index contributed by atoms with van der Waals surface area (Å²) in [7, 11) is 0. The molecular weight excluding hydrogens is 174 g/mol. The maximum atomic E-state index is 5.67. The molecule has 2 aliphatic heterocycles. The molecular formula is C12H23NO. The quantitative estimate of drug-likeness (QED) is 0.730. The van der Waals surface area contributed by atoms with Gasteiger partial charge in [-0.2, -0.15) is 0 Å². The third-order valence-corrected chi connectivity index (χ3v) is 3.80. The molecule has 0 aliphatic carbocycles. The Hall–Kier alpha value is -0.0800. The molecule has 2 fully saturated rings. The van der Waals surface area contributed by atoms with Gasteiger partial charge in [0.25, 0.3) is 0 Å². The van der Waals surface area contributed by atoms with Gasteiger partial charge in [-0.05, 0) is 37.5 Å². The molecule has 0 spiro atoms. The van der Waals surface area contributed by atoms with E-state index in [-0.39, 0.29) is 0 Å². The molecule has 0 aromatic rings. The van der Waals surface area contributed by atoms with Gasteiger partial charge in [0.15, 0.2) is 0 Å². The molecule has 0 radical (unpaired) electrons. The van der Waals surface area contributed by atoms with Crippen molar-refractivity contribution in [2.75, 3.05) is 19.7 Å². The second-order valence-corrected chi connectivity index (χ2v) is 5.03. The van der Waals surface area contributed by atoms with Crippen LogP contribution >= 0.6 is 0 Å². The first-order chi connectivity index (χ1) is 6.85. The van der Waals surface area contributed by atoms with Crippen LogP contribution in [-0.2, 0) is 4.74 Å². The topological polar surface area (TPSA) is 21.3 Å². The zero-order valence-electron chi connectivity index (χ0n) is 9.35. The van der Waals surface area contributed by atoms with Gasteiger partial charge in [-0.1, -0.05) is 13.3 Å². The van der Waals surface area contributed by atoms with E-state index in [2.05, 4.69) is 12.2 Å². The van der Waals surface area contributed by atoms with E-state index in [0.29, 0.717) is 11.5 Å². The van der Waals surface area contributed by atoms with Gasteiger partial charge >= 0.3 is 0 Å². The van der Waals surface area contributed by atoms with Crippen LogP contribution < -0.4 is 5.32 Å². The van der Waals surface area contributed by atoms with E-state index >= 15 is 0 Å². The fourth-order valence-electron chi connectivity index (χ4n) is 2.83. The van der Waals surface area contributed by atoms with Crippen LogP contribution in [0.3, 0.4) is 0 Å². The van der Waals surface area contributed by atoms with Crippen LogP contribution in [0.25, 0.3) is 0 Å². The molecule has 2 saturated heterocycles. The van der Waals surface area contributed by atoms with Crippen molar-refractivity contribution in [2.45, 2.75) is 51.6 Å². The van der Waals surface area contributed by atoms with E-state index in [1.807, 2.05) is 0 Å². The van der Waals surface area contributed by atoms with E-state index in [9.17, 15) is 0 Å². The van der Waals surface area contributed by atoms with Crippen molar-refractivity contribution in [3.05, 3.63) is 0 Å². The maximum Gasteiger partial charge on any atom is 0.0576 e. The van der Waals surface area contributed by atoms with Crippen LogP contribution in [0.4, 0.5) is 0 Å². The van der Waals surface area contributed by atoms with E-state index in [1.165, 1.54) is 51.6 Å². The number of rotatable bonds is 5. The summed E-state index contributed by atoms with van der Waals surface area (Å²) in [6, 6.07) is 0. The Balaban J connectivity index is 1.71. The summed E-state index contributed by atoms with van der Waals surface area (Å²) in [5, 5.41) is 3.42. The van der Waals surface area contributed by atoms with Crippen LogP contribution in [0.5, 0.6) is 0 Å². The molecule has 0 aromatic carbocycles. The van der Waals surface area contributed by atoms with Gasteiger partial charge < -0.3 is 10.1 Å². The molecule has 0 bridgehead atoms. The van der Waals surface area contributed by atoms with Crippen LogP contribution in [0.15, 0.2) is 0 Å². The number of hydrogen-bond acceptors (Lipinski definition) is 2. The highest BCUT2D eigenvalue weighted by Crippen LogP contribution is 2.35. The van der Waals surface area contributed by atoms with Crippen LogP contribution in [-0.4, -0.2) is 25.8 Å². The van der Waals surface area contributed by atoms with Crippen LogP contribution in [0, 0.1) is 5.41 Å². The van der Waals surface area contributed by atoms with Gasteiger partial charge in [-0.25, -0.2) is 0 Å². The Bertz CT molecular complexity index is 171. The van der Waals surface area contributed by atoms with Crippen molar-refractivity contribution >= 4 is 0 Å². The third-order valence-electron chi connectivity index (χ3n) is 3.80. The summed E-state index contributed by atoms with van der Waals surface area (Å²) in [5.74, 6) is 0. The molecule has 14 heavy (non-hydrogen) atoms. The largest absolute Gasteiger partial charge is 0.378 e. The highest BCUT2D eigenvalue weighted by atomic mass is 16.5. The normalized spacial score (nSPS) is 30.2. The van der Waals surface area contributed by atoms with Crippen LogP contribution in [0.2, 0.25) is 0 Å². The predicted molar refractivity (Wildman–Crippen MR) is 58.4 cm³/mol. The first-order valence-corrected chi connectivity index (χ1v) is 6.17. The molecule has 0 amide bonds. The lowest BCUT2D eigenvalue weighted by Gasteiger charge is -2.43. The third kappa shape index (κ3) is 2.29. The molecule has 2 heteroatoms. The summed E-state index contributed by atoms with van der Waals surface area (Å²) < 4.78 is 5.67. The number of hydrogen-bond donors (Lipinski definition) is 1. The molecule has 1 N–H and O–H groups in total. The van der Waals surface area contributed by atoms with E-state index in [0.717, 1.165) is 6.61 Å². The van der Waals surface area contributed by atoms with E-state index in [4.69, 9.17) is 4.74 Å². The molecule has 2 aliphatic rings. The first-order valence-electron chi connectivity index (χ1n) is 6.17. The van der Waals surface area contributed by atoms with Gasteiger partial charge in [0.2, 0.25) is 0 Å². The van der Waals surface area contributed by atoms with Crippen LogP contribution in [0.1, 0.15) is 45.4 Å². The number of ether oxygens (including phenoxy) is 1. The molecule has 2 heterocycles. The van der Waals surface area contributed by atoms with Crippen molar-refractivity contribution in [1.82, 2.24) is 5.32 Å². The minimum Gasteiger partial charge on any atom is -0.378 e. The molecule has 1 atom stereocenters. The lowest BCUT2D eigenvalue weighted by molar-refractivity contribution is 0.0669. The van der Waals surface area contributed by atoms with Gasteiger partial charge in [0.05, 0.1) is 6.10 Å². The summed E-state index contributed by atoms with van der Waals surface area (Å²) in [6.07, 6.45) is 8.56. The molecule has 0 saturated carbocycles. The second-order valence-electron chi connectivity index (χ2n) is 5.03. The zero-order chi connectivity index (χ0) is 9.86. The monoisotopic (exact) mass is 197 g/mol. The van der Waals surface area contributed by atoms with E-state index < -0.39 is 0 Å². The highest BCUT2D eigenvalue weighted by molar-refractivity contribution is 4.92. The van der Waals surface area contributed by atoms with Gasteiger partial charge in [-0.3, -0.25) is 0 Å². The standard InChI is InChI=1S/C12H23NO/c1-2-6-12(9-13-10-12)7-5-11-4-3-8-14-11/h11,13H,2-10H2,1H3. The van der Waals surface area contributed by atoms with Crippen molar-refractivity contribution in [3.63, 3.8) is 0 Å². The summed E-state index contributed by atoms with van der Waals surface area (Å²) in [5.41, 5.74) is 0.640. The summed E-state index contributed by atoms with van der Waals surface area (Å²) in [6.45, 7) is 5.79. The second kappa shape index (κ2) is 4.63. The first kappa shape index (κ1) is 10.4. The lowest BCUT2D eigenvalue weighted by atomic mass is 9.73. The minimum atomic E-state index is 0.587. The van der Waals surface area contributed by atoms with Gasteiger partial charge in [-0.15, -0.1) is 0 Å². The van der Waals surface area contributed by atoms with Crippen molar-refractivity contribution in [2.24, 2.45) is 5.41 Å². The fourth-order valence-corrected chi connectivity index (χ4v) is 2.83. The summed E-state index contributed by atoms with van der Waals surface area (Å²) >= 11 is 0. The average molecular weight is 197 g/mol. The predicted octanol–water partition coefficient (Wildman–Crippen LogP) is 2.34. The molecule has 2 nitrogen and oxygen atoms in total. The van der Waals surface area contributed by atoms with Gasteiger partial charge in [0, 0.05) is 19.7 Å². The molecule has 82 valence electrons. The zero-order valence-corrected chi connectivity index (χ0v) is 9.35. The molecule has 2 rings (SSSR count). The smallest absolute Gasteiger partial charge is 0.0576 e. The van der Waals surface area contributed by atoms with Crippen molar-refractivity contribution in [3.8, 4) is 0 Å². The highest BCUT2D eigenvalue weighted by Gasteiger charge is 2.36. The molecule has 0 aromatic heterocycles. The maximum absolute atomic E-state index is 5.67. The van der Waals surface area contributed by atoms with E-state index in [1.54, 1.807) is 0 Å². The fraction of sp³-hybridized carbons (Fsp3) is 1.00. The number of nitrogens with one attached hydrogen (secondary N) is 1. The Morgan fingerprint density at radius 3 is 2.71 bits per heavy atom. The summed E-state index contributed by atoms with van der Waals surface area (Å²) in [4.78, 5) is 0. The molecule has 1 unspecified atom stereocenters. The Labute approximate surface area is 87.4 Å². The Kier molecular flexibility index (Phi) is 3.45. The SMILES string of the molecule is CCCC1(CCC2CCCO2)CNC1. The van der Waals surface area contributed by atoms with Crippen molar-refractivity contribution < 1.29 is 4.74 Å². The lowest BCUT2D eigenvalue weighted by Crippen LogP contribution is -2.53. The Morgan fingerprint density at radius 1 is 1.36 bits per heavy atom. The minimum absolute atomic E-state index is 0.587. The van der Waals surface area contributed by atoms with Crippen molar-refractivity contribution in [1.29, 1.82) is 0 Å². The van der Waals surface area contributed by atoms with Gasteiger partial charge in [0.1, 0.15) is 0 Å². The average Bonchev–Trinajstić information content (AvgIpc) is 2.62. The Morgan fingerprint density at radius 2 is 2.21 bits per heavy atom.